The van der Waals surface area contributed by atoms with E-state index in [0.29, 0.717) is 5.82 Å². The Kier molecular flexibility index (Phi) is 7.84. The molecule has 1 aliphatic rings. The minimum absolute atomic E-state index is 0.0192. The zero-order valence-corrected chi connectivity index (χ0v) is 22.2. The number of carbonyl (C=O) groups excluding carboxylic acids is 2. The normalized spacial score (nSPS) is 14.2. The number of hydrogen-bond donors (Lipinski definition) is 3. The summed E-state index contributed by atoms with van der Waals surface area (Å²) in [4.78, 5) is 40.5. The van der Waals surface area contributed by atoms with E-state index in [-0.39, 0.29) is 53.9 Å². The number of nitrogens with zero attached hydrogens (tertiary/aromatic N) is 3. The van der Waals surface area contributed by atoms with Crippen LogP contribution >= 0.6 is 11.6 Å². The summed E-state index contributed by atoms with van der Waals surface area (Å²) in [6.45, 7) is 5.12. The molecular weight excluding hydrogens is 511 g/mol. The smallest absolute Gasteiger partial charge is 0.266 e. The highest BCUT2D eigenvalue weighted by Crippen LogP contribution is 2.41. The average molecular weight is 541 g/mol. The Morgan fingerprint density at radius 2 is 1.89 bits per heavy atom. The van der Waals surface area contributed by atoms with E-state index in [1.165, 1.54) is 23.9 Å². The zero-order chi connectivity index (χ0) is 27.6. The summed E-state index contributed by atoms with van der Waals surface area (Å²) in [6.07, 6.45) is 0. The lowest BCUT2D eigenvalue weighted by Gasteiger charge is -2.50. The van der Waals surface area contributed by atoms with Gasteiger partial charge in [0.15, 0.2) is 0 Å². The third-order valence-corrected chi connectivity index (χ3v) is 7.04. The fourth-order valence-electron chi connectivity index (χ4n) is 4.74. The van der Waals surface area contributed by atoms with E-state index in [1.54, 1.807) is 6.07 Å². The minimum Gasteiger partial charge on any atom is -0.355 e. The van der Waals surface area contributed by atoms with Gasteiger partial charge >= 0.3 is 0 Å². The van der Waals surface area contributed by atoms with Gasteiger partial charge in [-0.1, -0.05) is 49.7 Å². The maximum Gasteiger partial charge on any atom is 0.266 e. The van der Waals surface area contributed by atoms with Crippen molar-refractivity contribution in [2.75, 3.05) is 36.9 Å². The van der Waals surface area contributed by atoms with Gasteiger partial charge in [-0.15, -0.1) is 0 Å². The quantitative estimate of drug-likeness (QED) is 0.404. The third-order valence-electron chi connectivity index (χ3n) is 6.75. The molecule has 2 heterocycles. The van der Waals surface area contributed by atoms with Crippen LogP contribution in [0.2, 0.25) is 5.02 Å². The van der Waals surface area contributed by atoms with Crippen LogP contribution < -0.4 is 26.8 Å². The Hall–Kier alpha value is -3.76. The number of halogens is 2. The summed E-state index contributed by atoms with van der Waals surface area (Å²) in [5.41, 5.74) is 6.21. The van der Waals surface area contributed by atoms with Crippen LogP contribution in [-0.4, -0.2) is 48.3 Å². The Bertz CT molecular complexity index is 1430. The van der Waals surface area contributed by atoms with Gasteiger partial charge < -0.3 is 21.3 Å². The number of carbonyl (C=O) groups is 2. The Labute approximate surface area is 224 Å². The fourth-order valence-corrected chi connectivity index (χ4v) is 4.91. The lowest BCUT2D eigenvalue weighted by molar-refractivity contribution is -0.122. The van der Waals surface area contributed by atoms with Crippen LogP contribution in [0.3, 0.4) is 0 Å². The van der Waals surface area contributed by atoms with Crippen molar-refractivity contribution in [1.82, 2.24) is 15.1 Å². The molecule has 0 atom stereocenters. The minimum atomic E-state index is -1.03. The number of aromatic nitrogens is 2. The number of nitrogens with one attached hydrogen (secondary N) is 2. The van der Waals surface area contributed by atoms with E-state index in [2.05, 4.69) is 15.7 Å². The van der Waals surface area contributed by atoms with Crippen molar-refractivity contribution >= 4 is 34.9 Å². The van der Waals surface area contributed by atoms with Gasteiger partial charge in [0.1, 0.15) is 17.1 Å². The molecule has 1 aliphatic heterocycles. The number of nitrogens with two attached hydrogens (primary N) is 1. The summed E-state index contributed by atoms with van der Waals surface area (Å²) in [6, 6.07) is 13.0. The molecule has 2 amide bonds. The Morgan fingerprint density at radius 3 is 2.55 bits per heavy atom. The molecule has 0 bridgehead atoms. The van der Waals surface area contributed by atoms with Gasteiger partial charge in [0.05, 0.1) is 22.8 Å². The van der Waals surface area contributed by atoms with Crippen molar-refractivity contribution in [3.8, 4) is 0 Å². The van der Waals surface area contributed by atoms with Crippen molar-refractivity contribution in [3.63, 3.8) is 0 Å². The van der Waals surface area contributed by atoms with Gasteiger partial charge in [0, 0.05) is 32.7 Å². The number of hydrogen-bond acceptors (Lipinski definition) is 6. The van der Waals surface area contributed by atoms with Crippen molar-refractivity contribution in [2.24, 2.45) is 5.73 Å². The molecule has 200 valence electrons. The molecule has 2 aromatic carbocycles. The van der Waals surface area contributed by atoms with Crippen LogP contribution in [0.1, 0.15) is 41.3 Å². The first-order chi connectivity index (χ1) is 18.1. The van der Waals surface area contributed by atoms with Crippen LogP contribution in [0.5, 0.6) is 0 Å². The van der Waals surface area contributed by atoms with E-state index in [0.717, 1.165) is 17.2 Å². The van der Waals surface area contributed by atoms with E-state index >= 15 is 0 Å². The first-order valence-corrected chi connectivity index (χ1v) is 12.6. The van der Waals surface area contributed by atoms with Crippen LogP contribution in [0.25, 0.3) is 0 Å². The van der Waals surface area contributed by atoms with Gasteiger partial charge in [-0.2, -0.15) is 5.10 Å². The van der Waals surface area contributed by atoms with Crippen molar-refractivity contribution in [1.29, 1.82) is 0 Å². The molecule has 4 rings (SSSR count). The number of anilines is 2. The maximum absolute atomic E-state index is 14.4. The highest BCUT2D eigenvalue weighted by atomic mass is 35.5. The van der Waals surface area contributed by atoms with Crippen LogP contribution in [0.4, 0.5) is 15.9 Å². The molecule has 0 spiro atoms. The standard InChI is InChI=1S/C27H30ClFN6O3/c1-16(2)17-6-4-5-7-19(17)27(14-34(15-27)23-8-9-24(36)35(33-23)11-10-30)26(38)32-22-13-21(29)20(28)12-18(22)25(37)31-3/h4-9,12-13,16H,10-11,14-15,30H2,1-3H3,(H,31,37)(H,32,38). The number of amides is 2. The molecule has 9 nitrogen and oxygen atoms in total. The summed E-state index contributed by atoms with van der Waals surface area (Å²) < 4.78 is 15.7. The summed E-state index contributed by atoms with van der Waals surface area (Å²) in [5.74, 6) is -1.01. The second kappa shape index (κ2) is 10.9. The second-order valence-electron chi connectivity index (χ2n) is 9.57. The van der Waals surface area contributed by atoms with E-state index in [1.807, 2.05) is 43.0 Å². The lowest BCUT2D eigenvalue weighted by atomic mass is 9.69. The summed E-state index contributed by atoms with van der Waals surface area (Å²) in [5, 5.41) is 9.47. The average Bonchev–Trinajstić information content (AvgIpc) is 2.87. The molecule has 1 saturated heterocycles. The number of benzene rings is 2. The molecule has 3 aromatic rings. The van der Waals surface area contributed by atoms with Gasteiger partial charge in [-0.25, -0.2) is 9.07 Å². The van der Waals surface area contributed by atoms with Crippen molar-refractivity contribution in [2.45, 2.75) is 31.7 Å². The van der Waals surface area contributed by atoms with E-state index in [4.69, 9.17) is 17.3 Å². The molecule has 1 fully saturated rings. The van der Waals surface area contributed by atoms with Gasteiger partial charge in [0.25, 0.3) is 11.5 Å². The topological polar surface area (TPSA) is 122 Å². The predicted molar refractivity (Wildman–Crippen MR) is 145 cm³/mol. The Morgan fingerprint density at radius 1 is 1.18 bits per heavy atom. The van der Waals surface area contributed by atoms with Gasteiger partial charge in [0.2, 0.25) is 5.91 Å². The SMILES string of the molecule is CNC(=O)c1cc(Cl)c(F)cc1NC(=O)C1(c2ccccc2C(C)C)CN(c2ccc(=O)n(CCN)n2)C1. The van der Waals surface area contributed by atoms with Crippen LogP contribution in [0.15, 0.2) is 53.3 Å². The highest BCUT2D eigenvalue weighted by molar-refractivity contribution is 6.31. The molecule has 38 heavy (non-hydrogen) atoms. The molecule has 0 saturated carbocycles. The first kappa shape index (κ1) is 27.3. The monoisotopic (exact) mass is 540 g/mol. The third kappa shape index (κ3) is 5.01. The molecular formula is C27H30ClFN6O3. The summed E-state index contributed by atoms with van der Waals surface area (Å²) in [7, 11) is 1.44. The van der Waals surface area contributed by atoms with Gasteiger partial charge in [-0.3, -0.25) is 14.4 Å². The lowest BCUT2D eigenvalue weighted by Crippen LogP contribution is -2.66. The fraction of sp³-hybridized carbons (Fsp3) is 0.333. The Balaban J connectivity index is 1.75. The highest BCUT2D eigenvalue weighted by Gasteiger charge is 2.52. The maximum atomic E-state index is 14.4. The molecule has 1 aromatic heterocycles. The zero-order valence-electron chi connectivity index (χ0n) is 21.4. The van der Waals surface area contributed by atoms with E-state index < -0.39 is 23.0 Å². The number of rotatable bonds is 8. The molecule has 4 N–H and O–H groups in total. The molecule has 0 unspecified atom stereocenters. The molecule has 11 heteroatoms. The predicted octanol–water partition coefficient (Wildman–Crippen LogP) is 2.87. The van der Waals surface area contributed by atoms with Crippen LogP contribution in [-0.2, 0) is 16.8 Å². The summed E-state index contributed by atoms with van der Waals surface area (Å²) >= 11 is 5.92. The van der Waals surface area contributed by atoms with Crippen molar-refractivity contribution in [3.05, 3.63) is 86.4 Å². The molecule has 0 aliphatic carbocycles. The van der Waals surface area contributed by atoms with Gasteiger partial charge in [-0.05, 0) is 35.2 Å². The second-order valence-corrected chi connectivity index (χ2v) is 9.97. The first-order valence-electron chi connectivity index (χ1n) is 12.3. The van der Waals surface area contributed by atoms with Crippen molar-refractivity contribution < 1.29 is 14.0 Å². The van der Waals surface area contributed by atoms with Crippen LogP contribution in [0, 0.1) is 5.82 Å². The molecule has 0 radical (unpaired) electrons. The largest absolute Gasteiger partial charge is 0.355 e. The van der Waals surface area contributed by atoms with E-state index in [9.17, 15) is 18.8 Å².